The molecule has 0 unspecified atom stereocenters. The van der Waals surface area contributed by atoms with Crippen molar-refractivity contribution in [1.29, 1.82) is 0 Å². The molecule has 5 heteroatoms. The molecular weight excluding hydrogens is 244 g/mol. The van der Waals surface area contributed by atoms with Gasteiger partial charge in [0.2, 0.25) is 0 Å². The van der Waals surface area contributed by atoms with Gasteiger partial charge in [0, 0.05) is 0 Å². The van der Waals surface area contributed by atoms with Crippen molar-refractivity contribution >= 4 is 0 Å². The van der Waals surface area contributed by atoms with Crippen LogP contribution < -0.4 is 5.53 Å². The minimum atomic E-state index is 0. The van der Waals surface area contributed by atoms with Gasteiger partial charge < -0.3 is 10.5 Å². The Kier molecular flexibility index (Phi) is 5.19. The van der Waals surface area contributed by atoms with Crippen LogP contribution in [0, 0.1) is 0 Å². The SMILES string of the molecule is C1=CC(=C2N=NN[N-]2)C=C1.[Fe+2].c1cc[cH-]c1. The molecule has 4 nitrogen and oxygen atoms in total. The molecule has 0 radical (unpaired) electrons. The van der Waals surface area contributed by atoms with E-state index < -0.39 is 0 Å². The van der Waals surface area contributed by atoms with Crippen molar-refractivity contribution in [3.63, 3.8) is 0 Å². The van der Waals surface area contributed by atoms with Crippen LogP contribution in [-0.4, -0.2) is 0 Å². The molecule has 0 amide bonds. The van der Waals surface area contributed by atoms with Crippen molar-refractivity contribution in [1.82, 2.24) is 5.53 Å². The number of hydrogen-bond donors (Lipinski definition) is 1. The molecule has 3 rings (SSSR count). The van der Waals surface area contributed by atoms with Crippen molar-refractivity contribution in [2.45, 2.75) is 0 Å². The van der Waals surface area contributed by atoms with Gasteiger partial charge in [0.1, 0.15) is 0 Å². The van der Waals surface area contributed by atoms with E-state index in [4.69, 9.17) is 0 Å². The van der Waals surface area contributed by atoms with Crippen LogP contribution in [0.25, 0.3) is 5.43 Å². The fourth-order valence-corrected chi connectivity index (χ4v) is 1.13. The summed E-state index contributed by atoms with van der Waals surface area (Å²) in [4.78, 5) is 0. The van der Waals surface area contributed by atoms with Crippen LogP contribution in [0.3, 0.4) is 0 Å². The summed E-state index contributed by atoms with van der Waals surface area (Å²) < 4.78 is 0. The van der Waals surface area contributed by atoms with Gasteiger partial charge in [0.25, 0.3) is 0 Å². The summed E-state index contributed by atoms with van der Waals surface area (Å²) in [5.41, 5.74) is 7.21. The Morgan fingerprint density at radius 1 is 1.12 bits per heavy atom. The molecule has 1 N–H and O–H groups in total. The molecule has 0 spiro atoms. The molecule has 1 heterocycles. The van der Waals surface area contributed by atoms with Gasteiger partial charge in [-0.1, -0.05) is 24.3 Å². The third-order valence-electron chi connectivity index (χ3n) is 1.82. The zero-order valence-corrected chi connectivity index (χ0v) is 9.50. The van der Waals surface area contributed by atoms with E-state index in [0.717, 1.165) is 5.57 Å². The molecule has 16 heavy (non-hydrogen) atoms. The molecule has 0 aromatic heterocycles. The number of nitrogens with zero attached hydrogens (tertiary/aromatic N) is 3. The third-order valence-corrected chi connectivity index (χ3v) is 1.82. The molecule has 1 aliphatic carbocycles. The first-order chi connectivity index (χ1) is 7.47. The molecule has 1 aliphatic heterocycles. The van der Waals surface area contributed by atoms with Gasteiger partial charge >= 0.3 is 17.1 Å². The molecule has 1 aromatic carbocycles. The standard InChI is InChI=1S/C6H5N4.C5H5.Fe/c1-2-4-5(3-1)6-7-9-10-8-6;1-2-4-5-3-1;/h1-4H,(H-,7,8,9,10);1-5H;/q2*-1;+2. The van der Waals surface area contributed by atoms with Gasteiger partial charge in [-0.05, 0) is 11.4 Å². The fourth-order valence-electron chi connectivity index (χ4n) is 1.13. The van der Waals surface area contributed by atoms with E-state index in [1.54, 1.807) is 0 Å². The molecular formula is C11H10FeN4. The van der Waals surface area contributed by atoms with Gasteiger partial charge in [-0.25, -0.2) is 12.1 Å². The van der Waals surface area contributed by atoms with E-state index in [0.29, 0.717) is 5.82 Å². The smallest absolute Gasteiger partial charge is 0.358 e. The Balaban J connectivity index is 0.000000183. The molecule has 0 fully saturated rings. The van der Waals surface area contributed by atoms with Crippen LogP contribution in [0.5, 0.6) is 0 Å². The Morgan fingerprint density at radius 2 is 1.81 bits per heavy atom. The number of hydrogen-bond acceptors (Lipinski definition) is 3. The van der Waals surface area contributed by atoms with Crippen LogP contribution in [-0.2, 0) is 17.1 Å². The first-order valence-corrected chi connectivity index (χ1v) is 4.59. The molecule has 0 saturated carbocycles. The second kappa shape index (κ2) is 6.71. The van der Waals surface area contributed by atoms with Crippen LogP contribution in [0.15, 0.2) is 76.4 Å². The number of nitrogens with one attached hydrogen (secondary N) is 1. The summed E-state index contributed by atoms with van der Waals surface area (Å²) in [6.45, 7) is 0. The van der Waals surface area contributed by atoms with Crippen molar-refractivity contribution in [3.05, 3.63) is 71.5 Å². The van der Waals surface area contributed by atoms with Crippen LogP contribution in [0.1, 0.15) is 0 Å². The summed E-state index contributed by atoms with van der Waals surface area (Å²) in [5.74, 6) is 0.644. The summed E-state index contributed by atoms with van der Waals surface area (Å²) in [5, 5.41) is 7.23. The van der Waals surface area contributed by atoms with Crippen LogP contribution >= 0.6 is 0 Å². The maximum Gasteiger partial charge on any atom is 2.00 e. The van der Waals surface area contributed by atoms with Crippen LogP contribution in [0.4, 0.5) is 0 Å². The van der Waals surface area contributed by atoms with E-state index in [1.807, 2.05) is 54.6 Å². The Labute approximate surface area is 105 Å². The van der Waals surface area contributed by atoms with Crippen molar-refractivity contribution in [3.8, 4) is 0 Å². The van der Waals surface area contributed by atoms with Gasteiger partial charge in [-0.15, -0.1) is 0 Å². The summed E-state index contributed by atoms with van der Waals surface area (Å²) >= 11 is 0. The maximum atomic E-state index is 3.81. The van der Waals surface area contributed by atoms with Crippen molar-refractivity contribution < 1.29 is 17.1 Å². The quantitative estimate of drug-likeness (QED) is 0.561. The minimum Gasteiger partial charge on any atom is -0.358 e. The normalized spacial score (nSPS) is 15.0. The average Bonchev–Trinajstić information content (AvgIpc) is 3.06. The van der Waals surface area contributed by atoms with Crippen molar-refractivity contribution in [2.24, 2.45) is 10.3 Å². The largest absolute Gasteiger partial charge is 2.00 e. The molecule has 0 atom stereocenters. The maximum absolute atomic E-state index is 3.81. The first kappa shape index (κ1) is 12.4. The van der Waals surface area contributed by atoms with E-state index >= 15 is 0 Å². The van der Waals surface area contributed by atoms with E-state index in [-0.39, 0.29) is 17.1 Å². The molecule has 82 valence electrons. The first-order valence-electron chi connectivity index (χ1n) is 4.59. The Bertz CT molecular complexity index is 384. The minimum absolute atomic E-state index is 0. The van der Waals surface area contributed by atoms with Gasteiger partial charge in [-0.2, -0.15) is 23.4 Å². The predicted octanol–water partition coefficient (Wildman–Crippen LogP) is 2.99. The zero-order valence-electron chi connectivity index (χ0n) is 8.39. The summed E-state index contributed by atoms with van der Waals surface area (Å²) in [7, 11) is 0. The number of allylic oxidation sites excluding steroid dienone is 5. The van der Waals surface area contributed by atoms with Gasteiger partial charge in [0.05, 0.1) is 0 Å². The summed E-state index contributed by atoms with van der Waals surface area (Å²) in [6.07, 6.45) is 7.74. The predicted molar refractivity (Wildman–Crippen MR) is 58.7 cm³/mol. The Morgan fingerprint density at radius 3 is 2.25 bits per heavy atom. The fraction of sp³-hybridized carbons (Fsp3) is 0. The van der Waals surface area contributed by atoms with Gasteiger partial charge in [-0.3, -0.25) is 5.53 Å². The molecule has 0 bridgehead atoms. The summed E-state index contributed by atoms with van der Waals surface area (Å²) in [6, 6.07) is 10.0. The Hall–Kier alpha value is -1.71. The molecule has 0 saturated heterocycles. The topological polar surface area (TPSA) is 50.9 Å². The van der Waals surface area contributed by atoms with Crippen LogP contribution in [0.2, 0.25) is 0 Å². The van der Waals surface area contributed by atoms with E-state index in [9.17, 15) is 0 Å². The molecule has 1 aromatic rings. The van der Waals surface area contributed by atoms with E-state index in [2.05, 4.69) is 21.3 Å². The molecule has 2 aliphatic rings. The third kappa shape index (κ3) is 3.46. The number of rotatable bonds is 0. The average molecular weight is 254 g/mol. The van der Waals surface area contributed by atoms with Crippen molar-refractivity contribution in [2.75, 3.05) is 0 Å². The second-order valence-corrected chi connectivity index (χ2v) is 2.87. The van der Waals surface area contributed by atoms with E-state index in [1.165, 1.54) is 0 Å². The second-order valence-electron chi connectivity index (χ2n) is 2.87. The van der Waals surface area contributed by atoms with Gasteiger partial charge in [0.15, 0.2) is 0 Å². The monoisotopic (exact) mass is 254 g/mol. The zero-order chi connectivity index (χ0) is 10.3.